The van der Waals surface area contributed by atoms with Crippen LogP contribution in [0.4, 0.5) is 0 Å². The molecule has 3 aromatic carbocycles. The largest absolute Gasteiger partial charge is 0.489 e. The molecule has 1 atom stereocenters. The van der Waals surface area contributed by atoms with E-state index in [1.807, 2.05) is 36.4 Å². The van der Waals surface area contributed by atoms with Crippen LogP contribution in [0.1, 0.15) is 17.2 Å². The van der Waals surface area contributed by atoms with Crippen molar-refractivity contribution in [3.63, 3.8) is 0 Å². The van der Waals surface area contributed by atoms with Crippen LogP contribution in [0.15, 0.2) is 77.7 Å². The zero-order valence-corrected chi connectivity index (χ0v) is 17.1. The Balaban J connectivity index is 1.86. The number of para-hydroxylation sites is 1. The summed E-state index contributed by atoms with van der Waals surface area (Å²) in [6.07, 6.45) is 0. The van der Waals surface area contributed by atoms with E-state index in [2.05, 4.69) is 0 Å². The Morgan fingerprint density at radius 3 is 2.46 bits per heavy atom. The number of ether oxygens (including phenoxy) is 1. The summed E-state index contributed by atoms with van der Waals surface area (Å²) in [5, 5.41) is 0.832. The van der Waals surface area contributed by atoms with Crippen molar-refractivity contribution in [2.24, 2.45) is 0 Å². The smallest absolute Gasteiger partial charge is 0.247 e. The predicted octanol–water partition coefficient (Wildman–Crippen LogP) is 5.32. The van der Waals surface area contributed by atoms with Gasteiger partial charge in [0.25, 0.3) is 0 Å². The average molecular weight is 434 g/mol. The molecule has 0 spiro atoms. The summed E-state index contributed by atoms with van der Waals surface area (Å²) in [5.74, 6) is 0.193. The van der Waals surface area contributed by atoms with E-state index in [0.29, 0.717) is 5.02 Å². The standard InChI is InChI=1S/C21H17Cl2NO3S/c22-17-9-4-6-15(12-17)13-24-19(16-7-2-1-3-8-16)14-27-21-18(23)10-5-11-20(21)28(24,25)26/h1-12,19H,13-14H2. The minimum atomic E-state index is -3.87. The van der Waals surface area contributed by atoms with Crippen molar-refractivity contribution in [1.82, 2.24) is 4.31 Å². The molecule has 144 valence electrons. The first-order chi connectivity index (χ1) is 13.5. The molecule has 7 heteroatoms. The molecule has 0 aromatic heterocycles. The van der Waals surface area contributed by atoms with E-state index in [0.717, 1.165) is 11.1 Å². The van der Waals surface area contributed by atoms with Gasteiger partial charge in [0.05, 0.1) is 11.1 Å². The third kappa shape index (κ3) is 3.63. The lowest BCUT2D eigenvalue weighted by atomic mass is 10.1. The quantitative estimate of drug-likeness (QED) is 0.561. The molecule has 0 aliphatic carbocycles. The van der Waals surface area contributed by atoms with Gasteiger partial charge >= 0.3 is 0 Å². The number of sulfonamides is 1. The highest BCUT2D eigenvalue weighted by Crippen LogP contribution is 2.41. The molecule has 0 saturated heterocycles. The zero-order chi connectivity index (χ0) is 19.7. The fourth-order valence-corrected chi connectivity index (χ4v) is 5.56. The lowest BCUT2D eigenvalue weighted by Gasteiger charge is -2.28. The van der Waals surface area contributed by atoms with Gasteiger partial charge in [-0.2, -0.15) is 4.31 Å². The molecule has 0 fully saturated rings. The van der Waals surface area contributed by atoms with Crippen LogP contribution in [0.2, 0.25) is 10.0 Å². The number of nitrogens with zero attached hydrogens (tertiary/aromatic N) is 1. The van der Waals surface area contributed by atoms with Gasteiger partial charge in [-0.25, -0.2) is 8.42 Å². The molecule has 4 nitrogen and oxygen atoms in total. The summed E-state index contributed by atoms with van der Waals surface area (Å²) >= 11 is 12.3. The molecule has 0 radical (unpaired) electrons. The molecular weight excluding hydrogens is 417 g/mol. The number of fused-ring (bicyclic) bond motifs is 1. The van der Waals surface area contributed by atoms with E-state index in [1.165, 1.54) is 10.4 Å². The number of hydrogen-bond acceptors (Lipinski definition) is 3. The molecule has 1 aliphatic heterocycles. The summed E-state index contributed by atoms with van der Waals surface area (Å²) < 4.78 is 34.6. The molecule has 1 aliphatic rings. The normalized spacial score (nSPS) is 18.7. The summed E-state index contributed by atoms with van der Waals surface area (Å²) in [5.41, 5.74) is 1.64. The molecular formula is C21H17Cl2NO3S. The monoisotopic (exact) mass is 433 g/mol. The van der Waals surface area contributed by atoms with Crippen molar-refractivity contribution in [2.75, 3.05) is 6.61 Å². The van der Waals surface area contributed by atoms with Crippen LogP contribution < -0.4 is 4.74 Å². The van der Waals surface area contributed by atoms with Crippen LogP contribution in [0, 0.1) is 0 Å². The van der Waals surface area contributed by atoms with Crippen LogP contribution in [0.5, 0.6) is 5.75 Å². The number of rotatable bonds is 3. The molecule has 0 saturated carbocycles. The van der Waals surface area contributed by atoms with Crippen LogP contribution in [0.25, 0.3) is 0 Å². The van der Waals surface area contributed by atoms with Crippen LogP contribution in [0.3, 0.4) is 0 Å². The highest BCUT2D eigenvalue weighted by atomic mass is 35.5. The molecule has 1 heterocycles. The van der Waals surface area contributed by atoms with Gasteiger partial charge in [-0.15, -0.1) is 0 Å². The van der Waals surface area contributed by atoms with Gasteiger partial charge < -0.3 is 4.74 Å². The van der Waals surface area contributed by atoms with E-state index in [9.17, 15) is 8.42 Å². The second kappa shape index (κ2) is 7.76. The molecule has 4 rings (SSSR count). The number of halogens is 2. The summed E-state index contributed by atoms with van der Waals surface area (Å²) in [7, 11) is -3.87. The van der Waals surface area contributed by atoms with Gasteiger partial charge in [0.2, 0.25) is 10.0 Å². The lowest BCUT2D eigenvalue weighted by molar-refractivity contribution is 0.210. The SMILES string of the molecule is O=S1(=O)c2cccc(Cl)c2OCC(c2ccccc2)N1Cc1cccc(Cl)c1. The molecule has 28 heavy (non-hydrogen) atoms. The minimum absolute atomic E-state index is 0.0699. The van der Waals surface area contributed by atoms with Crippen molar-refractivity contribution in [3.05, 3.63) is 94.0 Å². The fourth-order valence-electron chi connectivity index (χ4n) is 3.32. The number of hydrogen-bond donors (Lipinski definition) is 0. The zero-order valence-electron chi connectivity index (χ0n) is 14.8. The van der Waals surface area contributed by atoms with E-state index in [1.54, 1.807) is 30.3 Å². The average Bonchev–Trinajstić information content (AvgIpc) is 2.79. The fraction of sp³-hybridized carbons (Fsp3) is 0.143. The maximum Gasteiger partial charge on any atom is 0.247 e. The first-order valence-electron chi connectivity index (χ1n) is 8.69. The maximum atomic E-state index is 13.6. The first kappa shape index (κ1) is 19.3. The molecule has 1 unspecified atom stereocenters. The van der Waals surface area contributed by atoms with Gasteiger partial charge in [-0.3, -0.25) is 0 Å². The van der Waals surface area contributed by atoms with Gasteiger partial charge in [0.15, 0.2) is 5.75 Å². The molecule has 3 aromatic rings. The van der Waals surface area contributed by atoms with Crippen LogP contribution >= 0.6 is 23.2 Å². The highest BCUT2D eigenvalue weighted by Gasteiger charge is 2.38. The van der Waals surface area contributed by atoms with Crippen molar-refractivity contribution in [3.8, 4) is 5.75 Å². The van der Waals surface area contributed by atoms with Crippen molar-refractivity contribution >= 4 is 33.2 Å². The van der Waals surface area contributed by atoms with Crippen LogP contribution in [-0.4, -0.2) is 19.3 Å². The van der Waals surface area contributed by atoms with Gasteiger partial charge in [-0.1, -0.05) is 71.7 Å². The van der Waals surface area contributed by atoms with Gasteiger partial charge in [0, 0.05) is 11.6 Å². The Labute approximate surface area is 174 Å². The lowest BCUT2D eigenvalue weighted by Crippen LogP contribution is -2.35. The number of benzene rings is 3. The van der Waals surface area contributed by atoms with Gasteiger partial charge in [-0.05, 0) is 35.4 Å². The van der Waals surface area contributed by atoms with E-state index in [-0.39, 0.29) is 28.8 Å². The predicted molar refractivity (Wildman–Crippen MR) is 110 cm³/mol. The topological polar surface area (TPSA) is 46.6 Å². The molecule has 0 bridgehead atoms. The van der Waals surface area contributed by atoms with Crippen LogP contribution in [-0.2, 0) is 16.6 Å². The van der Waals surface area contributed by atoms with E-state index < -0.39 is 16.1 Å². The van der Waals surface area contributed by atoms with Crippen molar-refractivity contribution in [1.29, 1.82) is 0 Å². The summed E-state index contributed by atoms with van der Waals surface area (Å²) in [6, 6.07) is 20.9. The molecule has 0 N–H and O–H groups in total. The van der Waals surface area contributed by atoms with Crippen molar-refractivity contribution < 1.29 is 13.2 Å². The Morgan fingerprint density at radius 1 is 0.964 bits per heavy atom. The second-order valence-electron chi connectivity index (χ2n) is 6.48. The minimum Gasteiger partial charge on any atom is -0.489 e. The van der Waals surface area contributed by atoms with Gasteiger partial charge in [0.1, 0.15) is 11.5 Å². The highest BCUT2D eigenvalue weighted by molar-refractivity contribution is 7.89. The second-order valence-corrected chi connectivity index (χ2v) is 9.19. The third-order valence-corrected chi connectivity index (χ3v) is 7.07. The maximum absolute atomic E-state index is 13.6. The Hall–Kier alpha value is -2.05. The molecule has 0 amide bonds. The third-order valence-electron chi connectivity index (χ3n) is 4.66. The van der Waals surface area contributed by atoms with E-state index in [4.69, 9.17) is 27.9 Å². The van der Waals surface area contributed by atoms with Crippen molar-refractivity contribution in [2.45, 2.75) is 17.5 Å². The van der Waals surface area contributed by atoms with E-state index >= 15 is 0 Å². The Morgan fingerprint density at radius 2 is 1.71 bits per heavy atom. The Bertz CT molecular complexity index is 1100. The first-order valence-corrected chi connectivity index (χ1v) is 10.9. The summed E-state index contributed by atoms with van der Waals surface area (Å²) in [4.78, 5) is 0.0699. The summed E-state index contributed by atoms with van der Waals surface area (Å²) in [6.45, 7) is 0.318. The Kier molecular flexibility index (Phi) is 5.34.